The number of aromatic nitrogens is 2. The molecule has 4 aromatic rings. The Morgan fingerprint density at radius 2 is 1.94 bits per heavy atom. The van der Waals surface area contributed by atoms with Crippen LogP contribution >= 0.6 is 27.5 Å². The van der Waals surface area contributed by atoms with Gasteiger partial charge in [0.2, 0.25) is 0 Å². The first kappa shape index (κ1) is 22.9. The highest BCUT2D eigenvalue weighted by Gasteiger charge is 2.23. The first-order valence-electron chi connectivity index (χ1n) is 9.95. The van der Waals surface area contributed by atoms with Gasteiger partial charge >= 0.3 is 5.97 Å². The molecule has 4 rings (SSSR count). The molecule has 0 saturated heterocycles. The molecule has 0 aliphatic carbocycles. The average Bonchev–Trinajstić information content (AvgIpc) is 3.21. The lowest BCUT2D eigenvalue weighted by Gasteiger charge is -2.20. The van der Waals surface area contributed by atoms with Gasteiger partial charge in [0.05, 0.1) is 27.7 Å². The van der Waals surface area contributed by atoms with E-state index in [1.807, 2.05) is 26.8 Å². The van der Waals surface area contributed by atoms with Crippen molar-refractivity contribution in [1.82, 2.24) is 9.66 Å². The molecule has 2 aromatic heterocycles. The lowest BCUT2D eigenvalue weighted by atomic mass is 9.95. The van der Waals surface area contributed by atoms with Crippen LogP contribution in [0.2, 0.25) is 5.02 Å². The number of carbonyl (C=O) groups is 1. The van der Waals surface area contributed by atoms with Gasteiger partial charge < -0.3 is 9.52 Å². The van der Waals surface area contributed by atoms with Crippen LogP contribution in [0.15, 0.2) is 67.3 Å². The van der Waals surface area contributed by atoms with Gasteiger partial charge in [0, 0.05) is 15.5 Å². The lowest BCUT2D eigenvalue weighted by molar-refractivity contribution is 0.0697. The molecule has 9 heteroatoms. The van der Waals surface area contributed by atoms with Gasteiger partial charge in [0.15, 0.2) is 0 Å². The molecule has 1 N–H and O–H groups in total. The smallest absolute Gasteiger partial charge is 0.337 e. The predicted octanol–water partition coefficient (Wildman–Crippen LogP) is 5.95. The molecule has 168 valence electrons. The van der Waals surface area contributed by atoms with E-state index >= 15 is 0 Å². The van der Waals surface area contributed by atoms with E-state index in [9.17, 15) is 9.59 Å². The molecule has 0 fully saturated rings. The van der Waals surface area contributed by atoms with Gasteiger partial charge in [-0.2, -0.15) is 9.78 Å². The molecule has 2 heterocycles. The van der Waals surface area contributed by atoms with Crippen LogP contribution in [-0.4, -0.2) is 27.0 Å². The van der Waals surface area contributed by atoms with Gasteiger partial charge in [-0.25, -0.2) is 9.78 Å². The molecule has 0 saturated carbocycles. The number of carboxylic acid groups (broad SMARTS) is 1. The van der Waals surface area contributed by atoms with Gasteiger partial charge in [-0.1, -0.05) is 54.4 Å². The summed E-state index contributed by atoms with van der Waals surface area (Å²) in [5, 5.41) is 14.1. The minimum atomic E-state index is -1.10. The third kappa shape index (κ3) is 4.62. The van der Waals surface area contributed by atoms with Gasteiger partial charge in [0.1, 0.15) is 17.3 Å². The van der Waals surface area contributed by atoms with E-state index in [2.05, 4.69) is 26.0 Å². The second-order valence-electron chi connectivity index (χ2n) is 8.41. The fourth-order valence-electron chi connectivity index (χ4n) is 3.28. The second kappa shape index (κ2) is 8.61. The molecule has 7 nitrogen and oxygen atoms in total. The Morgan fingerprint density at radius 1 is 1.18 bits per heavy atom. The number of nitrogens with zero attached hydrogens (tertiary/aromatic N) is 3. The second-order valence-corrected chi connectivity index (χ2v) is 9.73. The van der Waals surface area contributed by atoms with Crippen molar-refractivity contribution in [2.45, 2.75) is 26.2 Å². The molecule has 33 heavy (non-hydrogen) atoms. The fourth-order valence-corrected chi connectivity index (χ4v) is 3.90. The number of fused-ring (bicyclic) bond motifs is 1. The first-order chi connectivity index (χ1) is 15.5. The van der Waals surface area contributed by atoms with Gasteiger partial charge in [-0.05, 0) is 42.5 Å². The zero-order valence-corrected chi connectivity index (χ0v) is 20.3. The Hall–Kier alpha value is -3.23. The number of hydrogen-bond acceptors (Lipinski definition) is 5. The van der Waals surface area contributed by atoms with Crippen LogP contribution in [0, 0.1) is 0 Å². The average molecular weight is 529 g/mol. The van der Waals surface area contributed by atoms with Crippen molar-refractivity contribution in [1.29, 1.82) is 0 Å². The number of halogens is 2. The van der Waals surface area contributed by atoms with Gasteiger partial charge in [-0.15, -0.1) is 0 Å². The zero-order chi connectivity index (χ0) is 23.9. The molecule has 0 unspecified atom stereocenters. The molecule has 0 radical (unpaired) electrons. The van der Waals surface area contributed by atoms with E-state index in [0.29, 0.717) is 33.8 Å². The largest absolute Gasteiger partial charge is 0.478 e. The SMILES string of the molecule is CC(C)(C)c1nc2ccc(Br)cc2c(=O)n1N=Cc1ccc(-c2ccc(C(=O)O)c(Cl)c2)o1. The van der Waals surface area contributed by atoms with Crippen molar-refractivity contribution < 1.29 is 14.3 Å². The maximum Gasteiger partial charge on any atom is 0.337 e. The Kier molecular flexibility index (Phi) is 5.99. The normalized spacial score (nSPS) is 12.0. The molecule has 0 aliphatic rings. The molecule has 0 spiro atoms. The van der Waals surface area contributed by atoms with E-state index in [1.165, 1.54) is 23.0 Å². The maximum atomic E-state index is 13.2. The Balaban J connectivity index is 1.74. The highest BCUT2D eigenvalue weighted by Crippen LogP contribution is 2.27. The topological polar surface area (TPSA) is 97.7 Å². The summed E-state index contributed by atoms with van der Waals surface area (Å²) in [5.41, 5.74) is 0.508. The summed E-state index contributed by atoms with van der Waals surface area (Å²) in [6.45, 7) is 5.88. The number of carboxylic acids is 1. The molecule has 2 aromatic carbocycles. The Morgan fingerprint density at radius 3 is 2.61 bits per heavy atom. The van der Waals surface area contributed by atoms with Crippen molar-refractivity contribution in [2.24, 2.45) is 5.10 Å². The van der Waals surface area contributed by atoms with Crippen LogP contribution in [-0.2, 0) is 5.41 Å². The monoisotopic (exact) mass is 527 g/mol. The molecule has 0 amide bonds. The number of rotatable bonds is 4. The van der Waals surface area contributed by atoms with Gasteiger partial charge in [0.25, 0.3) is 5.56 Å². The molecular formula is C24H19BrClN3O4. The third-order valence-corrected chi connectivity index (χ3v) is 5.70. The van der Waals surface area contributed by atoms with Gasteiger partial charge in [-0.3, -0.25) is 4.79 Å². The van der Waals surface area contributed by atoms with Crippen molar-refractivity contribution in [2.75, 3.05) is 0 Å². The summed E-state index contributed by atoms with van der Waals surface area (Å²) >= 11 is 9.46. The van der Waals surface area contributed by atoms with E-state index in [4.69, 9.17) is 21.1 Å². The summed E-state index contributed by atoms with van der Waals surface area (Å²) in [4.78, 5) is 29.1. The molecule has 0 atom stereocenters. The first-order valence-corrected chi connectivity index (χ1v) is 11.1. The summed E-state index contributed by atoms with van der Waals surface area (Å²) in [6.07, 6.45) is 1.44. The number of furan rings is 1. The third-order valence-electron chi connectivity index (χ3n) is 4.89. The summed E-state index contributed by atoms with van der Waals surface area (Å²) < 4.78 is 7.88. The van der Waals surface area contributed by atoms with Crippen LogP contribution in [0.1, 0.15) is 42.7 Å². The quantitative estimate of drug-likeness (QED) is 0.330. The summed E-state index contributed by atoms with van der Waals surface area (Å²) in [7, 11) is 0. The highest BCUT2D eigenvalue weighted by molar-refractivity contribution is 9.10. The van der Waals surface area contributed by atoms with Crippen molar-refractivity contribution in [3.8, 4) is 11.3 Å². The Labute approximate surface area is 202 Å². The van der Waals surface area contributed by atoms with Crippen molar-refractivity contribution in [3.63, 3.8) is 0 Å². The predicted molar refractivity (Wildman–Crippen MR) is 132 cm³/mol. The van der Waals surface area contributed by atoms with Crippen molar-refractivity contribution >= 4 is 50.6 Å². The molecule has 0 aliphatic heterocycles. The Bertz CT molecular complexity index is 1480. The van der Waals surface area contributed by atoms with Crippen molar-refractivity contribution in [3.05, 3.63) is 85.5 Å². The van der Waals surface area contributed by atoms with Crippen LogP contribution < -0.4 is 5.56 Å². The number of aromatic carboxylic acids is 1. The summed E-state index contributed by atoms with van der Waals surface area (Å²) in [6, 6.07) is 13.3. The minimum Gasteiger partial charge on any atom is -0.478 e. The summed E-state index contributed by atoms with van der Waals surface area (Å²) in [5.74, 6) is 0.306. The lowest BCUT2D eigenvalue weighted by Crippen LogP contribution is -2.29. The van der Waals surface area contributed by atoms with E-state index in [0.717, 1.165) is 4.47 Å². The molecular weight excluding hydrogens is 510 g/mol. The van der Waals surface area contributed by atoms with Crippen LogP contribution in [0.25, 0.3) is 22.2 Å². The number of benzene rings is 2. The van der Waals surface area contributed by atoms with E-state index in [-0.39, 0.29) is 16.1 Å². The highest BCUT2D eigenvalue weighted by atomic mass is 79.9. The van der Waals surface area contributed by atoms with Crippen LogP contribution in [0.5, 0.6) is 0 Å². The number of hydrogen-bond donors (Lipinski definition) is 1. The maximum absolute atomic E-state index is 13.2. The zero-order valence-electron chi connectivity index (χ0n) is 18.0. The van der Waals surface area contributed by atoms with Crippen LogP contribution in [0.3, 0.4) is 0 Å². The van der Waals surface area contributed by atoms with E-state index < -0.39 is 11.4 Å². The minimum absolute atomic E-state index is 0.0123. The van der Waals surface area contributed by atoms with E-state index in [1.54, 1.807) is 30.3 Å². The standard InChI is InChI=1S/C24H19BrClN3O4/c1-24(2,3)23-28-19-8-5-14(25)11-17(19)21(30)29(23)27-12-15-6-9-20(33-15)13-4-7-16(22(31)32)18(26)10-13/h4-12H,1-3H3,(H,31,32). The van der Waals surface area contributed by atoms with Crippen LogP contribution in [0.4, 0.5) is 0 Å². The fraction of sp³-hybridized carbons (Fsp3) is 0.167. The molecule has 0 bridgehead atoms.